The molecule has 9 nitrogen and oxygen atoms in total. The fourth-order valence-electron chi connectivity index (χ4n) is 6.35. The molecule has 0 radical (unpaired) electrons. The second-order valence-electron chi connectivity index (χ2n) is 13.5. The first kappa shape index (κ1) is 31.0. The molecule has 3 aliphatic rings. The zero-order chi connectivity index (χ0) is 31.8. The summed E-state index contributed by atoms with van der Waals surface area (Å²) >= 11 is 0. The Morgan fingerprint density at radius 3 is 2.49 bits per heavy atom. The summed E-state index contributed by atoms with van der Waals surface area (Å²) in [5, 5.41) is 15.5. The van der Waals surface area contributed by atoms with Crippen molar-refractivity contribution in [1.29, 1.82) is 0 Å². The third-order valence-electron chi connectivity index (χ3n) is 8.74. The lowest BCUT2D eigenvalue weighted by atomic mass is 9.92. The Bertz CT molecular complexity index is 1680. The zero-order valence-corrected chi connectivity index (χ0v) is 27.0. The van der Waals surface area contributed by atoms with E-state index >= 15 is 0 Å². The molecule has 1 atom stereocenters. The predicted molar refractivity (Wildman–Crippen MR) is 175 cm³/mol. The smallest absolute Gasteiger partial charge is 0.337 e. The molecule has 238 valence electrons. The lowest BCUT2D eigenvalue weighted by molar-refractivity contribution is -0.160. The van der Waals surface area contributed by atoms with Gasteiger partial charge in [-0.1, -0.05) is 36.4 Å². The van der Waals surface area contributed by atoms with Gasteiger partial charge in [-0.05, 0) is 84.4 Å². The van der Waals surface area contributed by atoms with Gasteiger partial charge in [0.05, 0.1) is 29.1 Å². The van der Waals surface area contributed by atoms with Gasteiger partial charge < -0.3 is 24.2 Å². The molecule has 0 spiro atoms. The number of carbonyl (C=O) groups is 1. The van der Waals surface area contributed by atoms with Crippen molar-refractivity contribution < 1.29 is 24.1 Å². The van der Waals surface area contributed by atoms with Crippen LogP contribution in [0.4, 0.5) is 5.82 Å². The van der Waals surface area contributed by atoms with Crippen molar-refractivity contribution in [3.05, 3.63) is 65.9 Å². The highest BCUT2D eigenvalue weighted by Gasteiger charge is 2.37. The molecule has 0 aliphatic carbocycles. The number of aliphatic carboxylic acids is 1. The Morgan fingerprint density at radius 1 is 1.00 bits per heavy atom. The fraction of sp³-hybridized carbons (Fsp3) is 0.472. The Balaban J connectivity index is 1.52. The van der Waals surface area contributed by atoms with Crippen LogP contribution in [-0.4, -0.2) is 63.2 Å². The summed E-state index contributed by atoms with van der Waals surface area (Å²) in [6, 6.07) is 18.4. The lowest BCUT2D eigenvalue weighted by Gasteiger charge is -2.41. The molecule has 5 heterocycles. The van der Waals surface area contributed by atoms with E-state index in [1.165, 1.54) is 0 Å². The molecule has 45 heavy (non-hydrogen) atoms. The van der Waals surface area contributed by atoms with E-state index in [0.717, 1.165) is 60.2 Å². The molecule has 9 heteroatoms. The normalized spacial score (nSPS) is 17.9. The Kier molecular flexibility index (Phi) is 8.59. The first-order valence-corrected chi connectivity index (χ1v) is 16.0. The first-order valence-electron chi connectivity index (χ1n) is 16.0. The standard InChI is InChI=1S/C36H44N4O5/c1-24-31(32(34(41)42)45-35(2,3)4)33-39-18-16-36(5,17-19-39)44-21-10-6-9-20-43-29-15-8-7-14-27(29)25-12-11-13-26(22-25)28-23-30(37-24)40(33)38-28/h7-8,11-15,22-23,32H,6,9-10,16-21H2,1-5H3,(H,41,42)/t32-/m0/s1. The quantitative estimate of drug-likeness (QED) is 0.258. The fourth-order valence-corrected chi connectivity index (χ4v) is 6.35. The number of carboxylic acid groups (broad SMARTS) is 1. The maximum atomic E-state index is 12.8. The monoisotopic (exact) mass is 612 g/mol. The SMILES string of the molecule is Cc1nc2cc3nn2c(c1[C@H](OC(C)(C)C)C(=O)O)N1CCC(C)(CC1)OCCCCCOc1ccccc1-c1cccc-3c1. The van der Waals surface area contributed by atoms with Gasteiger partial charge in [-0.3, -0.25) is 0 Å². The van der Waals surface area contributed by atoms with Crippen molar-refractivity contribution in [3.63, 3.8) is 0 Å². The second kappa shape index (κ2) is 12.4. The molecule has 2 aromatic carbocycles. The number of benzene rings is 2. The highest BCUT2D eigenvalue weighted by Crippen LogP contribution is 2.39. The molecule has 1 N–H and O–H groups in total. The van der Waals surface area contributed by atoms with Gasteiger partial charge in [0.1, 0.15) is 11.6 Å². The average Bonchev–Trinajstić information content (AvgIpc) is 3.42. The van der Waals surface area contributed by atoms with Gasteiger partial charge >= 0.3 is 5.97 Å². The first-order chi connectivity index (χ1) is 21.5. The van der Waals surface area contributed by atoms with Gasteiger partial charge in [-0.15, -0.1) is 0 Å². The zero-order valence-electron chi connectivity index (χ0n) is 27.0. The average molecular weight is 613 g/mol. The topological polar surface area (TPSA) is 98.4 Å². The molecular weight excluding hydrogens is 568 g/mol. The molecule has 3 aliphatic heterocycles. The van der Waals surface area contributed by atoms with Crippen LogP contribution < -0.4 is 9.64 Å². The van der Waals surface area contributed by atoms with E-state index in [9.17, 15) is 9.90 Å². The molecule has 0 unspecified atom stereocenters. The van der Waals surface area contributed by atoms with E-state index in [4.69, 9.17) is 24.3 Å². The van der Waals surface area contributed by atoms with Crippen molar-refractivity contribution in [3.8, 4) is 28.1 Å². The number of anilines is 1. The van der Waals surface area contributed by atoms with Crippen molar-refractivity contribution in [2.75, 3.05) is 31.2 Å². The van der Waals surface area contributed by atoms with Crippen LogP contribution in [0.25, 0.3) is 28.0 Å². The second-order valence-corrected chi connectivity index (χ2v) is 13.5. The molecule has 7 rings (SSSR count). The largest absolute Gasteiger partial charge is 0.493 e. The van der Waals surface area contributed by atoms with E-state index in [0.29, 0.717) is 49.0 Å². The number of piperidine rings is 1. The molecule has 4 aromatic rings. The van der Waals surface area contributed by atoms with Crippen LogP contribution in [0.3, 0.4) is 0 Å². The third kappa shape index (κ3) is 6.70. The van der Waals surface area contributed by atoms with Gasteiger partial charge in [-0.25, -0.2) is 9.78 Å². The minimum Gasteiger partial charge on any atom is -0.493 e. The summed E-state index contributed by atoms with van der Waals surface area (Å²) < 4.78 is 20.7. The highest BCUT2D eigenvalue weighted by atomic mass is 16.5. The van der Waals surface area contributed by atoms with Gasteiger partial charge in [0.2, 0.25) is 0 Å². The number of ether oxygens (including phenoxy) is 3. The summed E-state index contributed by atoms with van der Waals surface area (Å²) in [4.78, 5) is 19.9. The van der Waals surface area contributed by atoms with Crippen LogP contribution in [0, 0.1) is 6.92 Å². The molecule has 0 amide bonds. The number of fused-ring (bicyclic) bond motifs is 8. The number of aryl methyl sites for hydroxylation is 1. The van der Waals surface area contributed by atoms with Gasteiger partial charge in [0, 0.05) is 42.6 Å². The minimum atomic E-state index is -1.21. The summed E-state index contributed by atoms with van der Waals surface area (Å²) in [5.41, 5.74) is 4.62. The molecule has 1 fully saturated rings. The van der Waals surface area contributed by atoms with Gasteiger partial charge in [-0.2, -0.15) is 9.61 Å². The van der Waals surface area contributed by atoms with Crippen LogP contribution >= 0.6 is 0 Å². The number of rotatable bonds is 3. The number of nitrogens with zero attached hydrogens (tertiary/aromatic N) is 4. The summed E-state index contributed by atoms with van der Waals surface area (Å²) in [7, 11) is 0. The number of carboxylic acids is 1. The Hall–Kier alpha value is -3.95. The summed E-state index contributed by atoms with van der Waals surface area (Å²) in [6.45, 7) is 12.4. The number of aromatic nitrogens is 3. The third-order valence-corrected chi connectivity index (χ3v) is 8.74. The highest BCUT2D eigenvalue weighted by molar-refractivity contribution is 5.80. The van der Waals surface area contributed by atoms with E-state index < -0.39 is 17.7 Å². The summed E-state index contributed by atoms with van der Waals surface area (Å²) in [5.74, 6) is 0.519. The van der Waals surface area contributed by atoms with E-state index in [1.54, 1.807) is 0 Å². The number of hydrogen-bond acceptors (Lipinski definition) is 7. The van der Waals surface area contributed by atoms with Crippen LogP contribution in [0.1, 0.15) is 77.2 Å². The van der Waals surface area contributed by atoms with Crippen LogP contribution in [0.2, 0.25) is 0 Å². The maximum absolute atomic E-state index is 12.8. The summed E-state index contributed by atoms with van der Waals surface area (Å²) in [6.07, 6.45) is 3.37. The van der Waals surface area contributed by atoms with Gasteiger partial charge in [0.15, 0.2) is 11.8 Å². The van der Waals surface area contributed by atoms with Crippen molar-refractivity contribution in [2.45, 2.75) is 84.0 Å². The predicted octanol–water partition coefficient (Wildman–Crippen LogP) is 7.25. The van der Waals surface area contributed by atoms with Crippen LogP contribution in [0.5, 0.6) is 5.75 Å². The molecule has 6 bridgehead atoms. The van der Waals surface area contributed by atoms with E-state index in [1.807, 2.05) is 68.6 Å². The number of hydrogen-bond donors (Lipinski definition) is 1. The molecular formula is C36H44N4O5. The van der Waals surface area contributed by atoms with Crippen LogP contribution in [0.15, 0.2) is 54.6 Å². The van der Waals surface area contributed by atoms with Crippen LogP contribution in [-0.2, 0) is 14.3 Å². The molecule has 2 aromatic heterocycles. The number of para-hydroxylation sites is 1. The van der Waals surface area contributed by atoms with Crippen molar-refractivity contribution in [1.82, 2.24) is 14.6 Å². The van der Waals surface area contributed by atoms with E-state index in [2.05, 4.69) is 30.0 Å². The molecule has 0 saturated carbocycles. The Morgan fingerprint density at radius 2 is 1.73 bits per heavy atom. The van der Waals surface area contributed by atoms with Gasteiger partial charge in [0.25, 0.3) is 0 Å². The van der Waals surface area contributed by atoms with E-state index in [-0.39, 0.29) is 5.60 Å². The van der Waals surface area contributed by atoms with Crippen molar-refractivity contribution in [2.24, 2.45) is 0 Å². The minimum absolute atomic E-state index is 0.252. The molecule has 1 saturated heterocycles. The lowest BCUT2D eigenvalue weighted by Crippen LogP contribution is -2.46. The van der Waals surface area contributed by atoms with Crippen molar-refractivity contribution >= 4 is 17.4 Å². The maximum Gasteiger partial charge on any atom is 0.337 e. The Labute approximate surface area is 265 Å².